The van der Waals surface area contributed by atoms with E-state index < -0.39 is 5.12 Å². The lowest BCUT2D eigenvalue weighted by molar-refractivity contribution is -0.0822. The van der Waals surface area contributed by atoms with Gasteiger partial charge in [0.15, 0.2) is 0 Å². The summed E-state index contributed by atoms with van der Waals surface area (Å²) in [5.74, 6) is 1.06. The second kappa shape index (κ2) is 6.87. The molecule has 2 heterocycles. The fourth-order valence-electron chi connectivity index (χ4n) is 2.62. The predicted molar refractivity (Wildman–Crippen MR) is 92.2 cm³/mol. The lowest BCUT2D eigenvalue weighted by Crippen LogP contribution is -2.22. The molecule has 6 nitrogen and oxygen atoms in total. The Bertz CT molecular complexity index is 847. The zero-order valence-corrected chi connectivity index (χ0v) is 14.4. The second-order valence-electron chi connectivity index (χ2n) is 5.29. The summed E-state index contributed by atoms with van der Waals surface area (Å²) < 4.78 is 22.9. The SMILES string of the molecule is COc1ccccc1-c1nnc(SC2(c3ccccc3)OCCO2)o1. The van der Waals surface area contributed by atoms with Gasteiger partial charge in [0.05, 0.1) is 25.9 Å². The third kappa shape index (κ3) is 3.13. The molecule has 7 heteroatoms. The Balaban J connectivity index is 1.64. The van der Waals surface area contributed by atoms with Gasteiger partial charge in [0.2, 0.25) is 0 Å². The quantitative estimate of drug-likeness (QED) is 0.690. The normalized spacial score (nSPS) is 16.0. The first kappa shape index (κ1) is 16.1. The minimum absolute atomic E-state index is 0.367. The largest absolute Gasteiger partial charge is 0.496 e. The highest BCUT2D eigenvalue weighted by Gasteiger charge is 2.42. The molecule has 2 aromatic carbocycles. The number of hydrogen-bond donors (Lipinski definition) is 0. The van der Waals surface area contributed by atoms with Gasteiger partial charge in [-0.25, -0.2) is 0 Å². The van der Waals surface area contributed by atoms with E-state index in [4.69, 9.17) is 18.6 Å². The van der Waals surface area contributed by atoms with E-state index in [-0.39, 0.29) is 0 Å². The Morgan fingerprint density at radius 3 is 2.44 bits per heavy atom. The van der Waals surface area contributed by atoms with Crippen LogP contribution in [-0.4, -0.2) is 30.5 Å². The molecule has 1 aliphatic rings. The number of para-hydroxylation sites is 1. The van der Waals surface area contributed by atoms with Crippen molar-refractivity contribution in [1.29, 1.82) is 0 Å². The van der Waals surface area contributed by atoms with Crippen molar-refractivity contribution in [2.24, 2.45) is 0 Å². The van der Waals surface area contributed by atoms with Crippen LogP contribution in [0.1, 0.15) is 5.56 Å². The van der Waals surface area contributed by atoms with Crippen LogP contribution in [0.3, 0.4) is 0 Å². The van der Waals surface area contributed by atoms with Crippen LogP contribution in [0.2, 0.25) is 0 Å². The van der Waals surface area contributed by atoms with Crippen molar-refractivity contribution >= 4 is 11.8 Å². The summed E-state index contributed by atoms with van der Waals surface area (Å²) in [6, 6.07) is 17.2. The van der Waals surface area contributed by atoms with Crippen LogP contribution in [0.5, 0.6) is 5.75 Å². The Morgan fingerprint density at radius 2 is 1.68 bits per heavy atom. The summed E-state index contributed by atoms with van der Waals surface area (Å²) in [5, 5.41) is 7.67. The fourth-order valence-corrected chi connectivity index (χ4v) is 3.59. The molecule has 128 valence electrons. The lowest BCUT2D eigenvalue weighted by atomic mass is 10.2. The highest BCUT2D eigenvalue weighted by Crippen LogP contribution is 2.46. The molecule has 4 rings (SSSR count). The molecular formula is C18H16N2O4S. The first-order valence-corrected chi connectivity index (χ1v) is 8.62. The van der Waals surface area contributed by atoms with E-state index in [2.05, 4.69) is 10.2 Å². The van der Waals surface area contributed by atoms with Crippen molar-refractivity contribution in [2.75, 3.05) is 20.3 Å². The number of nitrogens with zero attached hydrogens (tertiary/aromatic N) is 2. The van der Waals surface area contributed by atoms with Gasteiger partial charge in [0, 0.05) is 17.3 Å². The molecule has 1 saturated heterocycles. The van der Waals surface area contributed by atoms with Gasteiger partial charge < -0.3 is 18.6 Å². The highest BCUT2D eigenvalue weighted by atomic mass is 32.2. The third-order valence-electron chi connectivity index (χ3n) is 3.76. The maximum absolute atomic E-state index is 5.88. The molecule has 1 aliphatic heterocycles. The standard InChI is InChI=1S/C18H16N2O4S/c1-21-15-10-6-5-9-14(15)16-19-20-17(24-16)25-18(22-11-12-23-18)13-7-3-2-4-8-13/h2-10H,11-12H2,1H3. The molecule has 0 saturated carbocycles. The van der Waals surface area contributed by atoms with Gasteiger partial charge in [0.1, 0.15) is 5.75 Å². The van der Waals surface area contributed by atoms with E-state index in [0.717, 1.165) is 11.1 Å². The number of methoxy groups -OCH3 is 1. The van der Waals surface area contributed by atoms with Crippen molar-refractivity contribution in [3.63, 3.8) is 0 Å². The maximum atomic E-state index is 5.88. The molecule has 1 fully saturated rings. The smallest absolute Gasteiger partial charge is 0.282 e. The molecule has 0 spiro atoms. The summed E-state index contributed by atoms with van der Waals surface area (Å²) in [6.07, 6.45) is 0. The van der Waals surface area contributed by atoms with Crippen molar-refractivity contribution in [1.82, 2.24) is 10.2 Å². The number of hydrogen-bond acceptors (Lipinski definition) is 7. The van der Waals surface area contributed by atoms with Crippen LogP contribution in [0, 0.1) is 0 Å². The van der Waals surface area contributed by atoms with Crippen molar-refractivity contribution in [3.05, 3.63) is 60.2 Å². The highest BCUT2D eigenvalue weighted by molar-refractivity contribution is 7.99. The first-order chi connectivity index (χ1) is 12.3. The maximum Gasteiger partial charge on any atom is 0.282 e. The van der Waals surface area contributed by atoms with Crippen molar-refractivity contribution in [3.8, 4) is 17.2 Å². The van der Waals surface area contributed by atoms with E-state index in [1.807, 2.05) is 54.6 Å². The molecule has 0 atom stereocenters. The molecule has 1 aromatic heterocycles. The van der Waals surface area contributed by atoms with E-state index in [1.165, 1.54) is 11.8 Å². The van der Waals surface area contributed by atoms with Gasteiger partial charge >= 0.3 is 0 Å². The number of rotatable bonds is 5. The summed E-state index contributed by atoms with van der Waals surface area (Å²) in [7, 11) is 1.61. The summed E-state index contributed by atoms with van der Waals surface area (Å²) in [6.45, 7) is 1.02. The summed E-state index contributed by atoms with van der Waals surface area (Å²) >= 11 is 1.26. The van der Waals surface area contributed by atoms with Crippen molar-refractivity contribution in [2.45, 2.75) is 10.3 Å². The molecule has 0 N–H and O–H groups in total. The molecule has 25 heavy (non-hydrogen) atoms. The van der Waals surface area contributed by atoms with Crippen LogP contribution in [0.25, 0.3) is 11.5 Å². The number of thioether (sulfide) groups is 1. The Labute approximate surface area is 149 Å². The van der Waals surface area contributed by atoms with Crippen LogP contribution >= 0.6 is 11.8 Å². The zero-order valence-electron chi connectivity index (χ0n) is 13.5. The Kier molecular flexibility index (Phi) is 4.44. The van der Waals surface area contributed by atoms with Gasteiger partial charge in [-0.05, 0) is 12.1 Å². The lowest BCUT2D eigenvalue weighted by Gasteiger charge is -2.24. The van der Waals surface area contributed by atoms with Crippen LogP contribution in [-0.2, 0) is 14.6 Å². The van der Waals surface area contributed by atoms with Crippen LogP contribution < -0.4 is 4.74 Å². The fraction of sp³-hybridized carbons (Fsp3) is 0.222. The monoisotopic (exact) mass is 356 g/mol. The van der Waals surface area contributed by atoms with E-state index in [9.17, 15) is 0 Å². The molecule has 0 unspecified atom stereocenters. The van der Waals surface area contributed by atoms with E-state index in [1.54, 1.807) is 7.11 Å². The molecule has 0 bridgehead atoms. The van der Waals surface area contributed by atoms with Crippen LogP contribution in [0.4, 0.5) is 0 Å². The van der Waals surface area contributed by atoms with Gasteiger partial charge in [-0.3, -0.25) is 0 Å². The summed E-state index contributed by atoms with van der Waals surface area (Å²) in [5.41, 5.74) is 1.64. The van der Waals surface area contributed by atoms with E-state index in [0.29, 0.717) is 30.1 Å². The summed E-state index contributed by atoms with van der Waals surface area (Å²) in [4.78, 5) is 0. The average Bonchev–Trinajstić information content (AvgIpc) is 3.33. The number of ether oxygens (including phenoxy) is 3. The second-order valence-corrected chi connectivity index (χ2v) is 6.39. The molecular weight excluding hydrogens is 340 g/mol. The minimum Gasteiger partial charge on any atom is -0.496 e. The molecule has 3 aromatic rings. The third-order valence-corrected chi connectivity index (χ3v) is 4.84. The Hall–Kier alpha value is -2.35. The average molecular weight is 356 g/mol. The topological polar surface area (TPSA) is 66.6 Å². The van der Waals surface area contributed by atoms with Gasteiger partial charge in [0.25, 0.3) is 16.2 Å². The van der Waals surface area contributed by atoms with Crippen LogP contribution in [0.15, 0.2) is 64.2 Å². The van der Waals surface area contributed by atoms with E-state index >= 15 is 0 Å². The molecule has 0 radical (unpaired) electrons. The van der Waals surface area contributed by atoms with Crippen molar-refractivity contribution < 1.29 is 18.6 Å². The number of aromatic nitrogens is 2. The molecule has 0 amide bonds. The minimum atomic E-state index is -0.966. The first-order valence-electron chi connectivity index (χ1n) is 7.80. The van der Waals surface area contributed by atoms with Gasteiger partial charge in [-0.1, -0.05) is 42.5 Å². The molecule has 0 aliphatic carbocycles. The number of benzene rings is 2. The van der Waals surface area contributed by atoms with Gasteiger partial charge in [-0.15, -0.1) is 10.2 Å². The van der Waals surface area contributed by atoms with Gasteiger partial charge in [-0.2, -0.15) is 0 Å². The predicted octanol–water partition coefficient (Wildman–Crippen LogP) is 3.69. The zero-order chi connectivity index (χ0) is 17.1. The Morgan fingerprint density at radius 1 is 0.960 bits per heavy atom.